The molecule has 0 fully saturated rings. The first kappa shape index (κ1) is 11.3. The number of benzene rings is 2. The summed E-state index contributed by atoms with van der Waals surface area (Å²) in [5, 5.41) is 9.38. The van der Waals surface area contributed by atoms with Crippen molar-refractivity contribution >= 4 is 22.6 Å². The zero-order valence-corrected chi connectivity index (χ0v) is 10.9. The number of hydrogen-bond donors (Lipinski definition) is 1. The molecule has 2 aromatic rings. The van der Waals surface area contributed by atoms with Gasteiger partial charge in [-0.2, -0.15) is 0 Å². The highest BCUT2D eigenvalue weighted by Crippen LogP contribution is 2.29. The number of hydrogen-bond acceptors (Lipinski definition) is 2. The van der Waals surface area contributed by atoms with Crippen LogP contribution in [0.4, 0.5) is 0 Å². The predicted molar refractivity (Wildman–Crippen MR) is 72.1 cm³/mol. The molecule has 0 heterocycles. The molecule has 0 aromatic heterocycles. The quantitative estimate of drug-likeness (QED) is 0.842. The molecule has 0 unspecified atom stereocenters. The van der Waals surface area contributed by atoms with Gasteiger partial charge in [-0.3, -0.25) is 0 Å². The Morgan fingerprint density at radius 2 is 1.75 bits per heavy atom. The van der Waals surface area contributed by atoms with Crippen molar-refractivity contribution in [3.05, 3.63) is 51.6 Å². The smallest absolute Gasteiger partial charge is 0.144 e. The SMILES string of the molecule is Cc1ccc(Oc2cc(O)ccc2I)cc1. The third kappa shape index (κ3) is 2.66. The zero-order valence-electron chi connectivity index (χ0n) is 8.77. The Morgan fingerprint density at radius 1 is 1.06 bits per heavy atom. The monoisotopic (exact) mass is 326 g/mol. The molecule has 0 bridgehead atoms. The lowest BCUT2D eigenvalue weighted by Crippen LogP contribution is -1.87. The Morgan fingerprint density at radius 3 is 2.44 bits per heavy atom. The van der Waals surface area contributed by atoms with Gasteiger partial charge >= 0.3 is 0 Å². The number of aromatic hydroxyl groups is 1. The van der Waals surface area contributed by atoms with Crippen molar-refractivity contribution in [2.45, 2.75) is 6.92 Å². The van der Waals surface area contributed by atoms with E-state index in [0.717, 1.165) is 9.32 Å². The van der Waals surface area contributed by atoms with Gasteiger partial charge in [0.2, 0.25) is 0 Å². The Kier molecular flexibility index (Phi) is 3.33. The van der Waals surface area contributed by atoms with Gasteiger partial charge in [-0.25, -0.2) is 0 Å². The Labute approximate surface area is 108 Å². The minimum absolute atomic E-state index is 0.211. The van der Waals surface area contributed by atoms with Gasteiger partial charge in [-0.1, -0.05) is 17.7 Å². The highest BCUT2D eigenvalue weighted by atomic mass is 127. The number of rotatable bonds is 2. The van der Waals surface area contributed by atoms with E-state index in [0.29, 0.717) is 5.75 Å². The van der Waals surface area contributed by atoms with Crippen molar-refractivity contribution in [3.8, 4) is 17.2 Å². The molecule has 0 atom stereocenters. The maximum atomic E-state index is 9.38. The number of halogens is 1. The van der Waals surface area contributed by atoms with Gasteiger partial charge < -0.3 is 9.84 Å². The van der Waals surface area contributed by atoms with E-state index in [1.165, 1.54) is 5.56 Å². The van der Waals surface area contributed by atoms with Crippen LogP contribution >= 0.6 is 22.6 Å². The third-order valence-electron chi connectivity index (χ3n) is 2.16. The molecule has 3 heteroatoms. The third-order valence-corrected chi connectivity index (χ3v) is 3.05. The largest absolute Gasteiger partial charge is 0.508 e. The average Bonchev–Trinajstić information content (AvgIpc) is 2.27. The van der Waals surface area contributed by atoms with Crippen LogP contribution in [0, 0.1) is 10.5 Å². The van der Waals surface area contributed by atoms with Crippen molar-refractivity contribution in [2.75, 3.05) is 0 Å². The van der Waals surface area contributed by atoms with E-state index < -0.39 is 0 Å². The topological polar surface area (TPSA) is 29.5 Å². The summed E-state index contributed by atoms with van der Waals surface area (Å²) in [4.78, 5) is 0. The van der Waals surface area contributed by atoms with Gasteiger partial charge in [0, 0.05) is 6.07 Å². The molecule has 2 rings (SSSR count). The summed E-state index contributed by atoms with van der Waals surface area (Å²) in [6.45, 7) is 2.03. The maximum Gasteiger partial charge on any atom is 0.144 e. The summed E-state index contributed by atoms with van der Waals surface area (Å²) >= 11 is 2.17. The molecule has 2 nitrogen and oxygen atoms in total. The van der Waals surface area contributed by atoms with Crippen LogP contribution < -0.4 is 4.74 Å². The number of phenols is 1. The number of aryl methyl sites for hydroxylation is 1. The second-order valence-corrected chi connectivity index (χ2v) is 4.69. The lowest BCUT2D eigenvalue weighted by Gasteiger charge is -2.08. The van der Waals surface area contributed by atoms with Crippen molar-refractivity contribution < 1.29 is 9.84 Å². The summed E-state index contributed by atoms with van der Waals surface area (Å²) in [7, 11) is 0. The normalized spacial score (nSPS) is 10.1. The summed E-state index contributed by atoms with van der Waals surface area (Å²) in [5.41, 5.74) is 1.19. The van der Waals surface area contributed by atoms with Crippen molar-refractivity contribution in [1.29, 1.82) is 0 Å². The van der Waals surface area contributed by atoms with Crippen LogP contribution in [-0.4, -0.2) is 5.11 Å². The van der Waals surface area contributed by atoms with Gasteiger partial charge in [0.25, 0.3) is 0 Å². The first-order chi connectivity index (χ1) is 7.65. The van der Waals surface area contributed by atoms with Crippen molar-refractivity contribution in [1.82, 2.24) is 0 Å². The highest BCUT2D eigenvalue weighted by molar-refractivity contribution is 14.1. The summed E-state index contributed by atoms with van der Waals surface area (Å²) in [5.74, 6) is 1.65. The van der Waals surface area contributed by atoms with Gasteiger partial charge in [0.05, 0.1) is 3.57 Å². The summed E-state index contributed by atoms with van der Waals surface area (Å²) < 4.78 is 6.65. The first-order valence-corrected chi connectivity index (χ1v) is 5.96. The second kappa shape index (κ2) is 4.74. The molecule has 82 valence electrons. The van der Waals surface area contributed by atoms with Crippen LogP contribution in [-0.2, 0) is 0 Å². The van der Waals surface area contributed by atoms with Crippen LogP contribution in [0.15, 0.2) is 42.5 Å². The molecule has 0 saturated carbocycles. The molecule has 0 aliphatic carbocycles. The van der Waals surface area contributed by atoms with E-state index in [1.54, 1.807) is 12.1 Å². The van der Waals surface area contributed by atoms with Crippen LogP contribution in [0.5, 0.6) is 17.2 Å². The van der Waals surface area contributed by atoms with E-state index >= 15 is 0 Å². The Balaban J connectivity index is 2.26. The molecule has 2 aromatic carbocycles. The molecule has 0 aliphatic rings. The molecule has 0 amide bonds. The number of ether oxygens (including phenoxy) is 1. The zero-order chi connectivity index (χ0) is 11.5. The van der Waals surface area contributed by atoms with Crippen LogP contribution in [0.1, 0.15) is 5.56 Å². The summed E-state index contributed by atoms with van der Waals surface area (Å²) in [6, 6.07) is 12.9. The van der Waals surface area contributed by atoms with Gasteiger partial charge in [0.15, 0.2) is 0 Å². The first-order valence-electron chi connectivity index (χ1n) is 4.88. The molecule has 0 radical (unpaired) electrons. The molecular formula is C13H11IO2. The predicted octanol–water partition coefficient (Wildman–Crippen LogP) is 4.10. The maximum absolute atomic E-state index is 9.38. The van der Waals surface area contributed by atoms with E-state index in [4.69, 9.17) is 4.74 Å². The molecule has 0 spiro atoms. The van der Waals surface area contributed by atoms with Gasteiger partial charge in [0.1, 0.15) is 17.2 Å². The lowest BCUT2D eigenvalue weighted by molar-refractivity contribution is 0.453. The lowest BCUT2D eigenvalue weighted by atomic mass is 10.2. The van der Waals surface area contributed by atoms with Crippen LogP contribution in [0.25, 0.3) is 0 Å². The Bertz CT molecular complexity index is 492. The standard InChI is InChI=1S/C13H11IO2/c1-9-2-5-11(6-3-9)16-13-8-10(15)4-7-12(13)14/h2-8,15H,1H3. The average molecular weight is 326 g/mol. The fraction of sp³-hybridized carbons (Fsp3) is 0.0769. The van der Waals surface area contributed by atoms with Crippen molar-refractivity contribution in [2.24, 2.45) is 0 Å². The second-order valence-electron chi connectivity index (χ2n) is 3.53. The molecule has 1 N–H and O–H groups in total. The van der Waals surface area contributed by atoms with E-state index in [2.05, 4.69) is 22.6 Å². The van der Waals surface area contributed by atoms with Gasteiger partial charge in [-0.15, -0.1) is 0 Å². The molecule has 0 aliphatic heterocycles. The molecular weight excluding hydrogens is 315 g/mol. The minimum atomic E-state index is 0.211. The fourth-order valence-electron chi connectivity index (χ4n) is 1.30. The molecule has 0 saturated heterocycles. The number of phenolic OH excluding ortho intramolecular Hbond substituents is 1. The highest BCUT2D eigenvalue weighted by Gasteiger charge is 2.03. The van der Waals surface area contributed by atoms with E-state index in [-0.39, 0.29) is 5.75 Å². The van der Waals surface area contributed by atoms with Crippen LogP contribution in [0.2, 0.25) is 0 Å². The van der Waals surface area contributed by atoms with E-state index in [9.17, 15) is 5.11 Å². The van der Waals surface area contributed by atoms with Crippen LogP contribution in [0.3, 0.4) is 0 Å². The fourth-order valence-corrected chi connectivity index (χ4v) is 1.75. The minimum Gasteiger partial charge on any atom is -0.508 e. The Hall–Kier alpha value is -1.23. The van der Waals surface area contributed by atoms with E-state index in [1.807, 2.05) is 37.3 Å². The van der Waals surface area contributed by atoms with Crippen molar-refractivity contribution in [3.63, 3.8) is 0 Å². The van der Waals surface area contributed by atoms with Gasteiger partial charge in [-0.05, 0) is 53.8 Å². The molecule has 16 heavy (non-hydrogen) atoms. The summed E-state index contributed by atoms with van der Waals surface area (Å²) in [6.07, 6.45) is 0.